The SMILES string of the molecule is CCN(CC)C(=O)c1ccc(-c2c3ccc(=NC)cc-3[se]c3c4c5c(cc23)CCCN5CCC4)s1.CO. The second kappa shape index (κ2) is 11.1. The molecule has 5 nitrogen and oxygen atoms in total. The van der Waals surface area contributed by atoms with Crippen molar-refractivity contribution in [2.24, 2.45) is 4.99 Å². The number of hydrogen-bond donors (Lipinski definition) is 1. The van der Waals surface area contributed by atoms with Gasteiger partial charge in [-0.1, -0.05) is 0 Å². The quantitative estimate of drug-likeness (QED) is 0.272. The number of aliphatic hydroxyl groups is 1. The number of hydrogen-bond acceptors (Lipinski definition) is 5. The van der Waals surface area contributed by atoms with Gasteiger partial charge >= 0.3 is 218 Å². The predicted octanol–water partition coefficient (Wildman–Crippen LogP) is 5.05. The van der Waals surface area contributed by atoms with E-state index in [1.165, 1.54) is 70.2 Å². The first kappa shape index (κ1) is 26.2. The van der Waals surface area contributed by atoms with Gasteiger partial charge in [-0.15, -0.1) is 0 Å². The zero-order valence-corrected chi connectivity index (χ0v) is 24.7. The van der Waals surface area contributed by atoms with Crippen LogP contribution >= 0.6 is 11.3 Å². The first-order valence-electron chi connectivity index (χ1n) is 13.2. The molecule has 1 N–H and O–H groups in total. The van der Waals surface area contributed by atoms with Gasteiger partial charge in [0.2, 0.25) is 0 Å². The number of carbonyl (C=O) groups is 1. The number of aryl methyl sites for hydroxylation is 2. The summed E-state index contributed by atoms with van der Waals surface area (Å²) in [4.78, 5) is 24.2. The molecule has 0 fully saturated rings. The van der Waals surface area contributed by atoms with E-state index in [-0.39, 0.29) is 20.4 Å². The Balaban J connectivity index is 0.00000137. The second-order valence-electron chi connectivity index (χ2n) is 9.46. The molecular weight excluding hydrogens is 545 g/mol. The van der Waals surface area contributed by atoms with Crippen LogP contribution in [0.5, 0.6) is 0 Å². The van der Waals surface area contributed by atoms with Crippen molar-refractivity contribution in [1.29, 1.82) is 0 Å². The third-order valence-electron chi connectivity index (χ3n) is 7.56. The van der Waals surface area contributed by atoms with Gasteiger partial charge in [-0.3, -0.25) is 0 Å². The van der Waals surface area contributed by atoms with Crippen molar-refractivity contribution in [2.75, 3.05) is 45.2 Å². The van der Waals surface area contributed by atoms with Crippen molar-refractivity contribution in [1.82, 2.24) is 4.90 Å². The van der Waals surface area contributed by atoms with Crippen LogP contribution in [0, 0.1) is 0 Å². The Morgan fingerprint density at radius 2 is 1.84 bits per heavy atom. The van der Waals surface area contributed by atoms with Gasteiger partial charge in [-0.05, 0) is 0 Å². The molecule has 0 unspecified atom stereocenters. The molecule has 0 spiro atoms. The van der Waals surface area contributed by atoms with Crippen LogP contribution in [0.25, 0.3) is 30.1 Å². The van der Waals surface area contributed by atoms with Gasteiger partial charge in [-0.25, -0.2) is 0 Å². The first-order chi connectivity index (χ1) is 18.1. The fourth-order valence-corrected chi connectivity index (χ4v) is 9.57. The van der Waals surface area contributed by atoms with Crippen molar-refractivity contribution in [3.8, 4) is 20.4 Å². The smallest absolute Gasteiger partial charge is 0.0319 e. The second-order valence-corrected chi connectivity index (χ2v) is 12.7. The number of nitrogens with zero attached hydrogens (tertiary/aromatic N) is 3. The number of carbonyl (C=O) groups excluding carboxylic acids is 1. The maximum absolute atomic E-state index is 13.1. The molecule has 4 aliphatic rings. The van der Waals surface area contributed by atoms with Gasteiger partial charge in [-0.2, -0.15) is 0 Å². The molecule has 1 amide bonds. The fourth-order valence-electron chi connectivity index (χ4n) is 5.85. The molecule has 1 aliphatic carbocycles. The number of anilines is 1. The third-order valence-corrected chi connectivity index (χ3v) is 11.2. The van der Waals surface area contributed by atoms with Gasteiger partial charge in [0.1, 0.15) is 0 Å². The van der Waals surface area contributed by atoms with Gasteiger partial charge < -0.3 is 5.11 Å². The van der Waals surface area contributed by atoms with Gasteiger partial charge in [0.25, 0.3) is 0 Å². The maximum Gasteiger partial charge on any atom is 0.0319 e. The standard InChI is InChI=1S/C29H31N3OSSe.CH4O/c1-4-31(5-2)29(33)24-13-12-23(34-24)26-20-11-10-19(30-3)17-25(20)35-28-21-9-7-15-32-14-6-8-18(27(21)32)16-22(26)28;1-2/h10-13,16-17H,4-9,14-15H2,1-3H3;2H,1H3. The van der Waals surface area contributed by atoms with Crippen molar-refractivity contribution < 1.29 is 9.90 Å². The molecule has 1 aromatic heterocycles. The molecule has 1 aromatic carbocycles. The molecule has 4 heterocycles. The Kier molecular flexibility index (Phi) is 7.87. The van der Waals surface area contributed by atoms with E-state index in [2.05, 4.69) is 54.1 Å². The van der Waals surface area contributed by atoms with E-state index in [1.54, 1.807) is 26.8 Å². The number of rotatable bonds is 4. The molecule has 37 heavy (non-hydrogen) atoms. The van der Waals surface area contributed by atoms with Crippen molar-refractivity contribution in [3.05, 3.63) is 57.8 Å². The van der Waals surface area contributed by atoms with Crippen LogP contribution in [-0.2, 0) is 12.8 Å². The number of benzene rings is 2. The molecule has 0 radical (unpaired) electrons. The monoisotopic (exact) mass is 581 g/mol. The minimum atomic E-state index is 0.142. The molecule has 0 bridgehead atoms. The van der Waals surface area contributed by atoms with E-state index >= 15 is 0 Å². The summed E-state index contributed by atoms with van der Waals surface area (Å²) in [6, 6.07) is 13.4. The molecule has 7 heteroatoms. The van der Waals surface area contributed by atoms with Crippen LogP contribution in [0.15, 0.2) is 41.4 Å². The molecule has 0 saturated heterocycles. The van der Waals surface area contributed by atoms with E-state index in [9.17, 15) is 4.79 Å². The summed E-state index contributed by atoms with van der Waals surface area (Å²) in [5.41, 5.74) is 7.31. The molecule has 194 valence electrons. The normalized spacial score (nSPS) is 14.9. The van der Waals surface area contributed by atoms with Crippen LogP contribution < -0.4 is 10.3 Å². The van der Waals surface area contributed by atoms with Gasteiger partial charge in [0.05, 0.1) is 0 Å². The number of fused-ring (bicyclic) bond motifs is 3. The minimum absolute atomic E-state index is 0.142. The summed E-state index contributed by atoms with van der Waals surface area (Å²) >= 11 is 1.90. The summed E-state index contributed by atoms with van der Waals surface area (Å²) in [6.07, 6.45) is 4.83. The summed E-state index contributed by atoms with van der Waals surface area (Å²) in [5, 5.41) is 9.46. The number of aliphatic hydroxyl groups excluding tert-OH is 1. The van der Waals surface area contributed by atoms with Crippen molar-refractivity contribution in [3.63, 3.8) is 0 Å². The Morgan fingerprint density at radius 3 is 2.57 bits per heavy atom. The maximum atomic E-state index is 13.1. The summed E-state index contributed by atoms with van der Waals surface area (Å²) in [7, 11) is 2.87. The van der Waals surface area contributed by atoms with Crippen LogP contribution in [0.3, 0.4) is 0 Å². The Bertz CT molecular complexity index is 1480. The van der Waals surface area contributed by atoms with E-state index in [1.807, 2.05) is 18.0 Å². The number of thiophene rings is 1. The van der Waals surface area contributed by atoms with Crippen LogP contribution in [0.2, 0.25) is 0 Å². The van der Waals surface area contributed by atoms with Crippen molar-refractivity contribution in [2.45, 2.75) is 39.5 Å². The van der Waals surface area contributed by atoms with Crippen LogP contribution in [0.1, 0.15) is 47.5 Å². The molecule has 6 rings (SSSR count). The van der Waals surface area contributed by atoms with Crippen molar-refractivity contribution >= 4 is 47.1 Å². The van der Waals surface area contributed by atoms with E-state index in [0.29, 0.717) is 0 Å². The molecule has 0 saturated carbocycles. The predicted molar refractivity (Wildman–Crippen MR) is 157 cm³/mol. The summed E-state index contributed by atoms with van der Waals surface area (Å²) in [5.74, 6) is 0.142. The summed E-state index contributed by atoms with van der Waals surface area (Å²) < 4.78 is 2.97. The van der Waals surface area contributed by atoms with Gasteiger partial charge in [0.15, 0.2) is 0 Å². The minimum Gasteiger partial charge on any atom is -0.400 e. The molecule has 3 aliphatic heterocycles. The first-order valence-corrected chi connectivity index (χ1v) is 15.7. The fraction of sp³-hybridized carbons (Fsp3) is 0.400. The molecular formula is C30H35N3O2SSe. The van der Waals surface area contributed by atoms with Crippen LogP contribution in [0.4, 0.5) is 5.69 Å². The molecule has 0 atom stereocenters. The zero-order valence-electron chi connectivity index (χ0n) is 22.1. The Hall–Kier alpha value is -2.44. The van der Waals surface area contributed by atoms with E-state index in [4.69, 9.17) is 5.11 Å². The van der Waals surface area contributed by atoms with E-state index < -0.39 is 0 Å². The largest absolute Gasteiger partial charge is 0.400 e. The average Bonchev–Trinajstić information content (AvgIpc) is 3.43. The molecule has 2 aromatic rings. The third kappa shape index (κ3) is 4.57. The van der Waals surface area contributed by atoms with Gasteiger partial charge in [0, 0.05) is 7.11 Å². The topological polar surface area (TPSA) is 56.1 Å². The Morgan fingerprint density at radius 1 is 1.08 bits per heavy atom. The average molecular weight is 581 g/mol. The van der Waals surface area contributed by atoms with Crippen LogP contribution in [-0.4, -0.2) is 70.8 Å². The number of amides is 1. The summed E-state index contributed by atoms with van der Waals surface area (Å²) in [6.45, 7) is 7.97. The van der Waals surface area contributed by atoms with E-state index in [0.717, 1.165) is 30.4 Å². The Labute approximate surface area is 229 Å². The zero-order chi connectivity index (χ0) is 26.1.